The molecule has 0 amide bonds. The Balaban J connectivity index is 2.44. The van der Waals surface area contributed by atoms with Crippen molar-refractivity contribution in [1.29, 1.82) is 0 Å². The Labute approximate surface area is 97.0 Å². The van der Waals surface area contributed by atoms with E-state index in [1.165, 1.54) is 10.4 Å². The minimum absolute atomic E-state index is 1.31. The number of hydrogen-bond acceptors (Lipinski definition) is 0. The van der Waals surface area contributed by atoms with E-state index >= 15 is 0 Å². The van der Waals surface area contributed by atoms with E-state index in [2.05, 4.69) is 55.1 Å². The minimum atomic E-state index is -1.87. The van der Waals surface area contributed by atoms with Crippen LogP contribution in [0.5, 0.6) is 0 Å². The predicted molar refractivity (Wildman–Crippen MR) is 71.4 cm³/mol. The first-order valence-electron chi connectivity index (χ1n) is 5.03. The maximum Gasteiger partial charge on any atom is 0.188 e. The largest absolute Gasteiger partial charge is 0.188 e. The van der Waals surface area contributed by atoms with Crippen LogP contribution >= 0.6 is 12.1 Å². The third kappa shape index (κ3) is 2.16. The van der Waals surface area contributed by atoms with E-state index in [0.717, 1.165) is 0 Å². The monoisotopic (exact) mass is 229 g/mol. The number of rotatable bonds is 2. The van der Waals surface area contributed by atoms with Gasteiger partial charge in [-0.15, -0.1) is 12.1 Å². The quantitative estimate of drug-likeness (QED) is 0.694. The van der Waals surface area contributed by atoms with Crippen molar-refractivity contribution < 1.29 is 0 Å². The molecular weight excluding hydrogens is 216 g/mol. The smallest absolute Gasteiger partial charge is 0.115 e. The normalized spacial score (nSPS) is 11.3. The molecule has 0 aliphatic carbocycles. The zero-order valence-electron chi connectivity index (χ0n) is 8.68. The van der Waals surface area contributed by atoms with Crippen molar-refractivity contribution in [1.82, 2.24) is 0 Å². The molecule has 0 aliphatic rings. The highest BCUT2D eigenvalue weighted by Crippen LogP contribution is 2.08. The van der Waals surface area contributed by atoms with Crippen molar-refractivity contribution in [3.8, 4) is 0 Å². The lowest BCUT2D eigenvalue weighted by atomic mass is 10.4. The van der Waals surface area contributed by atoms with Crippen molar-refractivity contribution in [2.45, 2.75) is 6.55 Å². The van der Waals surface area contributed by atoms with Gasteiger partial charge in [0.1, 0.15) is 0 Å². The molecule has 2 heteroatoms. The van der Waals surface area contributed by atoms with Crippen molar-refractivity contribution in [3.63, 3.8) is 0 Å². The van der Waals surface area contributed by atoms with Gasteiger partial charge in [0.25, 0.3) is 0 Å². The summed E-state index contributed by atoms with van der Waals surface area (Å²) in [7, 11) is -1.87. The van der Waals surface area contributed by atoms with Crippen molar-refractivity contribution in [3.05, 3.63) is 60.7 Å². The lowest BCUT2D eigenvalue weighted by Crippen LogP contribution is -2.50. The molecule has 0 atom stereocenters. The fourth-order valence-electron chi connectivity index (χ4n) is 1.68. The summed E-state index contributed by atoms with van der Waals surface area (Å²) < 4.78 is 0. The molecule has 2 aromatic rings. The van der Waals surface area contributed by atoms with Crippen LogP contribution in [0.25, 0.3) is 0 Å². The lowest BCUT2D eigenvalue weighted by Gasteiger charge is -2.20. The van der Waals surface area contributed by atoms with Crippen LogP contribution in [0.3, 0.4) is 0 Å². The van der Waals surface area contributed by atoms with Gasteiger partial charge in [-0.25, -0.2) is 0 Å². The standard InChI is InChI=1S/C13H13SSi/c1-15(14,12-8-4-2-5-9-12)13-10-6-3-7-11-13/h2-11H,1H3. The highest BCUT2D eigenvalue weighted by molar-refractivity contribution is 8.17. The van der Waals surface area contributed by atoms with Crippen LogP contribution in [-0.4, -0.2) is 7.22 Å². The van der Waals surface area contributed by atoms with E-state index in [9.17, 15) is 0 Å². The van der Waals surface area contributed by atoms with Crippen LogP contribution < -0.4 is 10.4 Å². The second kappa shape index (κ2) is 4.25. The summed E-state index contributed by atoms with van der Waals surface area (Å²) in [6, 6.07) is 20.9. The molecular formula is C13H13SSi. The first-order valence-corrected chi connectivity index (χ1v) is 8.66. The molecule has 0 aromatic heterocycles. The molecule has 0 aliphatic heterocycles. The van der Waals surface area contributed by atoms with Gasteiger partial charge >= 0.3 is 0 Å². The molecule has 0 saturated carbocycles. The Morgan fingerprint density at radius 1 is 0.733 bits per heavy atom. The van der Waals surface area contributed by atoms with Crippen LogP contribution in [0.1, 0.15) is 0 Å². The summed E-state index contributed by atoms with van der Waals surface area (Å²) in [5, 5.41) is 2.62. The highest BCUT2D eigenvalue weighted by Gasteiger charge is 2.27. The second-order valence-electron chi connectivity index (χ2n) is 3.77. The lowest BCUT2D eigenvalue weighted by molar-refractivity contribution is 1.72. The van der Waals surface area contributed by atoms with Crippen molar-refractivity contribution in [2.75, 3.05) is 0 Å². The maximum atomic E-state index is 5.82. The molecule has 0 bridgehead atoms. The maximum absolute atomic E-state index is 5.82. The molecule has 0 heterocycles. The third-order valence-corrected chi connectivity index (χ3v) is 6.93. The molecule has 2 aromatic carbocycles. The Kier molecular flexibility index (Phi) is 2.98. The first-order chi connectivity index (χ1) is 7.21. The van der Waals surface area contributed by atoms with Gasteiger partial charge in [0.2, 0.25) is 0 Å². The first kappa shape index (κ1) is 10.5. The molecule has 1 radical (unpaired) electrons. The summed E-state index contributed by atoms with van der Waals surface area (Å²) in [4.78, 5) is 0. The average molecular weight is 229 g/mol. The second-order valence-corrected chi connectivity index (χ2v) is 9.44. The SMILES string of the molecule is C[Si]([S])(c1ccccc1)c1ccccc1. The molecule has 75 valence electrons. The van der Waals surface area contributed by atoms with Crippen LogP contribution in [-0.2, 0) is 0 Å². The van der Waals surface area contributed by atoms with E-state index in [0.29, 0.717) is 0 Å². The van der Waals surface area contributed by atoms with Gasteiger partial charge in [0, 0.05) is 0 Å². The van der Waals surface area contributed by atoms with Gasteiger partial charge in [0.05, 0.1) is 0 Å². The molecule has 0 N–H and O–H groups in total. The van der Waals surface area contributed by atoms with Gasteiger partial charge in [-0.2, -0.15) is 0 Å². The fraction of sp³-hybridized carbons (Fsp3) is 0.0769. The molecule has 0 nitrogen and oxygen atoms in total. The van der Waals surface area contributed by atoms with E-state index < -0.39 is 7.22 Å². The van der Waals surface area contributed by atoms with Gasteiger partial charge in [-0.05, 0) is 10.4 Å². The van der Waals surface area contributed by atoms with Gasteiger partial charge in [-0.1, -0.05) is 67.2 Å². The summed E-state index contributed by atoms with van der Waals surface area (Å²) in [6.07, 6.45) is 0. The Bertz CT molecular complexity index is 381. The minimum Gasteiger partial charge on any atom is -0.115 e. The zero-order valence-corrected chi connectivity index (χ0v) is 10.5. The Morgan fingerprint density at radius 2 is 1.07 bits per heavy atom. The summed E-state index contributed by atoms with van der Waals surface area (Å²) in [5.74, 6) is 0. The van der Waals surface area contributed by atoms with Crippen LogP contribution in [0.2, 0.25) is 6.55 Å². The van der Waals surface area contributed by atoms with Crippen molar-refractivity contribution in [2.24, 2.45) is 0 Å². The number of benzene rings is 2. The van der Waals surface area contributed by atoms with E-state index in [1.54, 1.807) is 0 Å². The summed E-state index contributed by atoms with van der Waals surface area (Å²) in [5.41, 5.74) is 0. The topological polar surface area (TPSA) is 0 Å². The van der Waals surface area contributed by atoms with Gasteiger partial charge < -0.3 is 0 Å². The summed E-state index contributed by atoms with van der Waals surface area (Å²) in [6.45, 7) is 2.22. The molecule has 15 heavy (non-hydrogen) atoms. The van der Waals surface area contributed by atoms with E-state index in [-0.39, 0.29) is 0 Å². The van der Waals surface area contributed by atoms with E-state index in [4.69, 9.17) is 12.1 Å². The third-order valence-electron chi connectivity index (χ3n) is 2.65. The molecule has 0 fully saturated rings. The Morgan fingerprint density at radius 3 is 1.40 bits per heavy atom. The number of hydrogen-bond donors (Lipinski definition) is 0. The van der Waals surface area contributed by atoms with Crippen LogP contribution in [0, 0.1) is 0 Å². The van der Waals surface area contributed by atoms with Crippen molar-refractivity contribution >= 4 is 29.7 Å². The fourth-order valence-corrected chi connectivity index (χ4v) is 4.49. The Hall–Kier alpha value is -0.993. The van der Waals surface area contributed by atoms with Gasteiger partial charge in [-0.3, -0.25) is 0 Å². The van der Waals surface area contributed by atoms with Gasteiger partial charge in [0.15, 0.2) is 7.22 Å². The molecule has 0 unspecified atom stereocenters. The molecule has 0 spiro atoms. The predicted octanol–water partition coefficient (Wildman–Crippen LogP) is 2.57. The van der Waals surface area contributed by atoms with Crippen LogP contribution in [0.15, 0.2) is 60.7 Å². The average Bonchev–Trinajstić information content (AvgIpc) is 2.31. The molecule has 0 saturated heterocycles. The highest BCUT2D eigenvalue weighted by atomic mass is 32.3. The zero-order chi connectivity index (χ0) is 10.7. The summed E-state index contributed by atoms with van der Waals surface area (Å²) >= 11 is 5.82. The van der Waals surface area contributed by atoms with E-state index in [1.807, 2.05) is 12.1 Å². The molecule has 2 rings (SSSR count). The van der Waals surface area contributed by atoms with Crippen LogP contribution in [0.4, 0.5) is 0 Å².